The maximum absolute atomic E-state index is 13.9. The lowest BCUT2D eigenvalue weighted by atomic mass is 9.93. The molecule has 1 heterocycles. The van der Waals surface area contributed by atoms with Crippen LogP contribution in [0.25, 0.3) is 22.4 Å². The molecule has 5 aromatic rings. The van der Waals surface area contributed by atoms with Gasteiger partial charge in [-0.2, -0.15) is 0 Å². The Morgan fingerprint density at radius 3 is 1.94 bits per heavy atom. The van der Waals surface area contributed by atoms with Gasteiger partial charge in [-0.15, -0.1) is 0 Å². The molecule has 52 heavy (non-hydrogen) atoms. The van der Waals surface area contributed by atoms with Crippen LogP contribution in [-0.2, 0) is 18.3 Å². The molecule has 0 aliphatic rings. The molecule has 1 N–H and O–H groups in total. The molecule has 0 saturated heterocycles. The summed E-state index contributed by atoms with van der Waals surface area (Å²) in [6, 6.07) is 37.9. The predicted molar refractivity (Wildman–Crippen MR) is 211 cm³/mol. The van der Waals surface area contributed by atoms with Crippen LogP contribution in [-0.4, -0.2) is 43.2 Å². The van der Waals surface area contributed by atoms with Gasteiger partial charge >= 0.3 is 5.97 Å². The summed E-state index contributed by atoms with van der Waals surface area (Å²) in [5, 5.41) is 11.5. The first-order valence-electron chi connectivity index (χ1n) is 17.4. The van der Waals surface area contributed by atoms with Crippen molar-refractivity contribution in [1.82, 2.24) is 4.98 Å². The maximum Gasteiger partial charge on any atom is 0.305 e. The number of carbonyl (C=O) groups is 1. The van der Waals surface area contributed by atoms with Gasteiger partial charge in [0.15, 0.2) is 8.03 Å². The van der Waals surface area contributed by atoms with Gasteiger partial charge in [0.1, 0.15) is 12.4 Å². The highest BCUT2D eigenvalue weighted by molar-refractivity contribution is 7.39. The Bertz CT molecular complexity index is 2000. The third kappa shape index (κ3) is 9.22. The van der Waals surface area contributed by atoms with Crippen molar-refractivity contribution in [3.8, 4) is 34.2 Å². The maximum atomic E-state index is 13.9. The Balaban J connectivity index is 1.43. The number of pyridine rings is 1. The summed E-state index contributed by atoms with van der Waals surface area (Å²) in [4.78, 5) is 17.1. The van der Waals surface area contributed by atoms with E-state index in [0.29, 0.717) is 5.56 Å². The fourth-order valence-corrected chi connectivity index (χ4v) is 12.3. The second-order valence-electron chi connectivity index (χ2n) is 14.0. The van der Waals surface area contributed by atoms with Crippen LogP contribution in [0.3, 0.4) is 0 Å². The second kappa shape index (κ2) is 17.2. The van der Waals surface area contributed by atoms with Crippen LogP contribution in [0.2, 0.25) is 5.04 Å². The Morgan fingerprint density at radius 1 is 0.865 bits per heavy atom. The first-order valence-corrected chi connectivity index (χ1v) is 20.8. The molecule has 5 rings (SSSR count). The normalized spacial score (nSPS) is 12.9. The number of hydrogen-bond acceptors (Lipinski definition) is 5. The molecule has 0 fully saturated rings. The highest BCUT2D eigenvalue weighted by Gasteiger charge is 2.51. The van der Waals surface area contributed by atoms with E-state index in [2.05, 4.69) is 32.6 Å². The first-order chi connectivity index (χ1) is 24.9. The molecule has 1 aromatic heterocycles. The van der Waals surface area contributed by atoms with Crippen LogP contribution >= 0.6 is 8.03 Å². The van der Waals surface area contributed by atoms with E-state index in [-0.39, 0.29) is 30.9 Å². The second-order valence-corrected chi connectivity index (χ2v) is 19.7. The molecule has 0 bridgehead atoms. The van der Waals surface area contributed by atoms with Crippen molar-refractivity contribution >= 4 is 32.7 Å². The lowest BCUT2D eigenvalue weighted by Gasteiger charge is -2.45. The van der Waals surface area contributed by atoms with Gasteiger partial charge in [-0.25, -0.2) is 4.39 Å². The number of hydrogen-bond donors (Lipinski definition) is 1. The van der Waals surface area contributed by atoms with E-state index >= 15 is 0 Å². The van der Waals surface area contributed by atoms with Gasteiger partial charge in [0.05, 0.1) is 29.5 Å². The van der Waals surface area contributed by atoms with Crippen LogP contribution < -0.4 is 10.4 Å². The quantitative estimate of drug-likeness (QED) is 0.0739. The number of carboxylic acid groups (broad SMARTS) is 1. The Kier molecular flexibility index (Phi) is 12.8. The number of halogens is 1. The van der Waals surface area contributed by atoms with Crippen molar-refractivity contribution < 1.29 is 27.8 Å². The fraction of sp³-hybridized carbons (Fsp3) is 0.256. The Hall–Kier alpha value is -4.64. The largest absolute Gasteiger partial charge is 0.481 e. The minimum atomic E-state index is -3.12. The lowest BCUT2D eigenvalue weighted by molar-refractivity contribution is -0.138. The molecule has 0 amide bonds. The molecule has 268 valence electrons. The van der Waals surface area contributed by atoms with E-state index in [0.717, 1.165) is 38.5 Å². The topological polar surface area (TPSA) is 85.7 Å². The average molecular weight is 734 g/mol. The molecule has 2 atom stereocenters. The number of aliphatic carboxylic acids is 1. The van der Waals surface area contributed by atoms with E-state index in [4.69, 9.17) is 13.9 Å². The first kappa shape index (κ1) is 38.6. The monoisotopic (exact) mass is 733 g/mol. The summed E-state index contributed by atoms with van der Waals surface area (Å²) < 4.78 is 40.3. The summed E-state index contributed by atoms with van der Waals surface area (Å²) in [6.45, 7) is 10.3. The van der Waals surface area contributed by atoms with Crippen LogP contribution in [0.1, 0.15) is 58.2 Å². The minimum absolute atomic E-state index is 0.0163. The van der Waals surface area contributed by atoms with Crippen LogP contribution in [0.5, 0.6) is 0 Å². The standard InChI is InChI=1S/C43H45FNO5PSi/c1-31(2)42-38(39(32-23-25-34(44)26-24-32)29-40(45-42)33-16-9-6-10-17-33)22-15-27-49-51(48)30-35(28-41(46)47)50-52(43(3,4)5,36-18-11-7-12-19-36)37-20-13-8-14-21-37/h6-14,16-21,23-26,29,31,35,51H,27-28,30H2,1-5H3,(H,46,47)/t35-/m0/s1. The minimum Gasteiger partial charge on any atom is -0.481 e. The van der Waals surface area contributed by atoms with Gasteiger partial charge in [0, 0.05) is 17.3 Å². The zero-order valence-electron chi connectivity index (χ0n) is 30.2. The molecular weight excluding hydrogens is 689 g/mol. The summed E-state index contributed by atoms with van der Waals surface area (Å²) in [7, 11) is -5.89. The number of carboxylic acids is 1. The van der Waals surface area contributed by atoms with Crippen LogP contribution in [0, 0.1) is 17.7 Å². The van der Waals surface area contributed by atoms with Gasteiger partial charge in [-0.1, -0.05) is 150 Å². The van der Waals surface area contributed by atoms with Crippen molar-refractivity contribution in [2.45, 2.75) is 58.1 Å². The number of aromatic nitrogens is 1. The fourth-order valence-electron chi connectivity index (χ4n) is 6.51. The SMILES string of the molecule is CC(C)c1nc(-c2ccccc2)cc(-c2ccc(F)cc2)c1C#CCO[PH](=O)C[C@H](CC(=O)O)O[Si](c1ccccc1)(c1ccccc1)C(C)(C)C. The summed E-state index contributed by atoms with van der Waals surface area (Å²) in [6.07, 6.45) is -1.27. The summed E-state index contributed by atoms with van der Waals surface area (Å²) >= 11 is 0. The molecule has 6 nitrogen and oxygen atoms in total. The number of nitrogens with zero attached hydrogens (tertiary/aromatic N) is 1. The molecule has 0 saturated carbocycles. The van der Waals surface area contributed by atoms with Crippen molar-refractivity contribution in [3.63, 3.8) is 0 Å². The Morgan fingerprint density at radius 2 is 1.42 bits per heavy atom. The Labute approximate surface area is 308 Å². The summed E-state index contributed by atoms with van der Waals surface area (Å²) in [5.41, 5.74) is 4.78. The molecule has 1 unspecified atom stereocenters. The highest BCUT2D eigenvalue weighted by atomic mass is 31.1. The molecule has 0 spiro atoms. The van der Waals surface area contributed by atoms with E-state index in [1.54, 1.807) is 12.1 Å². The average Bonchev–Trinajstić information content (AvgIpc) is 3.12. The lowest BCUT2D eigenvalue weighted by Crippen LogP contribution is -2.68. The van der Waals surface area contributed by atoms with Gasteiger partial charge in [-0.3, -0.25) is 14.3 Å². The van der Waals surface area contributed by atoms with Gasteiger partial charge in [0.25, 0.3) is 8.32 Å². The van der Waals surface area contributed by atoms with E-state index < -0.39 is 33.5 Å². The van der Waals surface area contributed by atoms with E-state index in [1.165, 1.54) is 12.1 Å². The van der Waals surface area contributed by atoms with Crippen molar-refractivity contribution in [1.29, 1.82) is 0 Å². The number of rotatable bonds is 13. The molecule has 0 radical (unpaired) electrons. The highest BCUT2D eigenvalue weighted by Crippen LogP contribution is 2.39. The zero-order valence-corrected chi connectivity index (χ0v) is 32.2. The van der Waals surface area contributed by atoms with E-state index in [1.807, 2.05) is 111 Å². The molecule has 9 heteroatoms. The van der Waals surface area contributed by atoms with Gasteiger partial charge in [0.2, 0.25) is 0 Å². The third-order valence-electron chi connectivity index (χ3n) is 8.89. The van der Waals surface area contributed by atoms with Gasteiger partial charge in [-0.05, 0) is 45.1 Å². The molecule has 0 aliphatic heterocycles. The molecule has 4 aromatic carbocycles. The predicted octanol–water partition coefficient (Wildman–Crippen LogP) is 8.94. The third-order valence-corrected chi connectivity index (χ3v) is 15.2. The number of benzene rings is 4. The van der Waals surface area contributed by atoms with Gasteiger partial charge < -0.3 is 14.1 Å². The van der Waals surface area contributed by atoms with Crippen LogP contribution in [0.15, 0.2) is 121 Å². The van der Waals surface area contributed by atoms with Crippen LogP contribution in [0.4, 0.5) is 4.39 Å². The smallest absolute Gasteiger partial charge is 0.305 e. The van der Waals surface area contributed by atoms with Crippen molar-refractivity contribution in [2.75, 3.05) is 12.8 Å². The zero-order chi connectivity index (χ0) is 37.3. The van der Waals surface area contributed by atoms with Crippen molar-refractivity contribution in [2.24, 2.45) is 0 Å². The summed E-state index contributed by atoms with van der Waals surface area (Å²) in [5.74, 6) is 4.90. The van der Waals surface area contributed by atoms with Crippen molar-refractivity contribution in [3.05, 3.63) is 138 Å². The molecular formula is C43H45FNO5PSi. The molecule has 0 aliphatic carbocycles. The van der Waals surface area contributed by atoms with E-state index in [9.17, 15) is 18.9 Å².